The molecule has 11 nitrogen and oxygen atoms in total. The number of amides is 2. The van der Waals surface area contributed by atoms with Gasteiger partial charge in [-0.2, -0.15) is 0 Å². The zero-order chi connectivity index (χ0) is 33.1. The van der Waals surface area contributed by atoms with Crippen molar-refractivity contribution in [1.82, 2.24) is 9.80 Å². The molecule has 3 aliphatic heterocycles. The smallest absolute Gasteiger partial charge is 0.308 e. The molecule has 1 saturated heterocycles. The second-order valence-electron chi connectivity index (χ2n) is 12.4. The van der Waals surface area contributed by atoms with Crippen molar-refractivity contribution in [3.05, 3.63) is 82.9 Å². The van der Waals surface area contributed by atoms with Crippen molar-refractivity contribution in [3.8, 4) is 17.2 Å². The highest BCUT2D eigenvalue weighted by molar-refractivity contribution is 5.98. The first-order valence-corrected chi connectivity index (χ1v) is 16.2. The molecule has 0 saturated carbocycles. The van der Waals surface area contributed by atoms with E-state index in [4.69, 9.17) is 19.9 Å². The molecule has 3 atom stereocenters. The highest BCUT2D eigenvalue weighted by Gasteiger charge is 2.48. The molecular formula is C36H42N4O7. The number of nitrogens with two attached hydrogens (primary N) is 1. The van der Waals surface area contributed by atoms with Crippen molar-refractivity contribution in [1.29, 1.82) is 0 Å². The summed E-state index contributed by atoms with van der Waals surface area (Å²) in [5.74, 6) is -0.991. The quantitative estimate of drug-likeness (QED) is 0.281. The number of unbranched alkanes of at least 4 members (excludes halogenated alkanes) is 1. The summed E-state index contributed by atoms with van der Waals surface area (Å²) < 4.78 is 16.8. The summed E-state index contributed by atoms with van der Waals surface area (Å²) in [6.45, 7) is 4.22. The number of hydrogen-bond donors (Lipinski definition) is 2. The van der Waals surface area contributed by atoms with E-state index in [2.05, 4.69) is 6.92 Å². The maximum Gasteiger partial charge on any atom is 0.308 e. The summed E-state index contributed by atoms with van der Waals surface area (Å²) in [4.78, 5) is 46.1. The van der Waals surface area contributed by atoms with Crippen LogP contribution in [0, 0.1) is 5.92 Å². The van der Waals surface area contributed by atoms with Crippen LogP contribution in [0.1, 0.15) is 59.2 Å². The lowest BCUT2D eigenvalue weighted by atomic mass is 9.84. The van der Waals surface area contributed by atoms with Crippen LogP contribution in [0.5, 0.6) is 17.2 Å². The second-order valence-corrected chi connectivity index (χ2v) is 12.4. The molecule has 0 spiro atoms. The molecule has 1 fully saturated rings. The summed E-state index contributed by atoms with van der Waals surface area (Å²) in [5.41, 5.74) is 9.99. The van der Waals surface area contributed by atoms with E-state index in [1.807, 2.05) is 65.6 Å². The minimum Gasteiger partial charge on any atom is -0.493 e. The Labute approximate surface area is 274 Å². The molecule has 0 radical (unpaired) electrons. The monoisotopic (exact) mass is 642 g/mol. The van der Waals surface area contributed by atoms with E-state index in [9.17, 15) is 19.5 Å². The number of anilines is 1. The largest absolute Gasteiger partial charge is 0.493 e. The summed E-state index contributed by atoms with van der Waals surface area (Å²) in [5, 5.41) is 10.7. The normalized spacial score (nSPS) is 20.0. The van der Waals surface area contributed by atoms with E-state index in [1.165, 1.54) is 7.11 Å². The summed E-state index contributed by atoms with van der Waals surface area (Å²) in [7, 11) is 1.54. The van der Waals surface area contributed by atoms with Gasteiger partial charge in [0.2, 0.25) is 18.4 Å². The van der Waals surface area contributed by atoms with Gasteiger partial charge >= 0.3 is 5.97 Å². The summed E-state index contributed by atoms with van der Waals surface area (Å²) in [6, 6.07) is 18.3. The number of rotatable bonds is 13. The maximum absolute atomic E-state index is 14.2. The van der Waals surface area contributed by atoms with Gasteiger partial charge in [0.15, 0.2) is 11.5 Å². The lowest BCUT2D eigenvalue weighted by Gasteiger charge is -2.31. The number of fused-ring (bicyclic) bond motifs is 2. The van der Waals surface area contributed by atoms with Crippen molar-refractivity contribution in [2.75, 3.05) is 45.0 Å². The SMILES string of the molecule is CCCCN(C(=O)CN1C[C@H](c2cc(OC)c3c(c2)OCO3)[C@@H](C(=O)O)[C@@H]1CCN1Cc2ccccc2C1=O)c1cccc(CN)c1. The molecule has 11 heteroatoms. The number of ether oxygens (including phenoxy) is 3. The minimum atomic E-state index is -0.957. The van der Waals surface area contributed by atoms with E-state index < -0.39 is 23.8 Å². The Bertz CT molecular complexity index is 1650. The fraction of sp³-hybridized carbons (Fsp3) is 0.417. The van der Waals surface area contributed by atoms with Crippen LogP contribution in [0.15, 0.2) is 60.7 Å². The van der Waals surface area contributed by atoms with Crippen LogP contribution in [-0.4, -0.2) is 78.8 Å². The molecule has 47 heavy (non-hydrogen) atoms. The Balaban J connectivity index is 1.31. The molecule has 3 aromatic rings. The van der Waals surface area contributed by atoms with E-state index in [1.54, 1.807) is 9.80 Å². The zero-order valence-electron chi connectivity index (χ0n) is 26.9. The topological polar surface area (TPSA) is 135 Å². The predicted octanol–water partition coefficient (Wildman–Crippen LogP) is 4.23. The Morgan fingerprint density at radius 2 is 1.94 bits per heavy atom. The second kappa shape index (κ2) is 14.0. The molecule has 3 heterocycles. The number of likely N-dealkylation sites (tertiary alicyclic amines) is 1. The van der Waals surface area contributed by atoms with Crippen LogP contribution in [-0.2, 0) is 22.7 Å². The van der Waals surface area contributed by atoms with E-state index in [0.29, 0.717) is 62.0 Å². The standard InChI is InChI=1S/C36H42N4O7/c1-3-4-13-40(26-10-7-8-23(15-26)18-37)32(41)21-39-20-28(25-16-30(45-2)34-31(17-25)46-22-47-34)33(36(43)44)29(39)12-14-38-19-24-9-5-6-11-27(24)35(38)42/h5-11,15-17,28-29,33H,3-4,12-14,18-22,37H2,1-2H3,(H,43,44)/t28-,29+,33-/m1/s1. The summed E-state index contributed by atoms with van der Waals surface area (Å²) >= 11 is 0. The van der Waals surface area contributed by atoms with Crippen LogP contribution in [0.25, 0.3) is 0 Å². The van der Waals surface area contributed by atoms with Crippen molar-refractivity contribution in [3.63, 3.8) is 0 Å². The van der Waals surface area contributed by atoms with Crippen LogP contribution < -0.4 is 24.8 Å². The third-order valence-electron chi connectivity index (χ3n) is 9.57. The van der Waals surface area contributed by atoms with Crippen molar-refractivity contribution in [2.24, 2.45) is 11.7 Å². The molecular weight excluding hydrogens is 600 g/mol. The number of carbonyl (C=O) groups is 3. The predicted molar refractivity (Wildman–Crippen MR) is 176 cm³/mol. The van der Waals surface area contributed by atoms with E-state index in [0.717, 1.165) is 35.2 Å². The number of methoxy groups -OCH3 is 1. The fourth-order valence-electron chi connectivity index (χ4n) is 7.16. The first-order valence-electron chi connectivity index (χ1n) is 16.2. The average Bonchev–Trinajstić information content (AvgIpc) is 3.79. The van der Waals surface area contributed by atoms with Gasteiger partial charge in [-0.25, -0.2) is 0 Å². The number of nitrogens with zero attached hydrogens (tertiary/aromatic N) is 3. The first kappa shape index (κ1) is 32.3. The summed E-state index contributed by atoms with van der Waals surface area (Å²) in [6.07, 6.45) is 2.12. The van der Waals surface area contributed by atoms with Gasteiger partial charge in [-0.3, -0.25) is 19.3 Å². The van der Waals surface area contributed by atoms with Gasteiger partial charge in [0.05, 0.1) is 19.6 Å². The number of aliphatic carboxylic acids is 1. The van der Waals surface area contributed by atoms with Crippen molar-refractivity contribution < 1.29 is 33.7 Å². The van der Waals surface area contributed by atoms with Crippen molar-refractivity contribution in [2.45, 2.75) is 51.2 Å². The van der Waals surface area contributed by atoms with E-state index >= 15 is 0 Å². The molecule has 0 unspecified atom stereocenters. The van der Waals surface area contributed by atoms with Gasteiger partial charge < -0.3 is 34.9 Å². The van der Waals surface area contributed by atoms with Gasteiger partial charge in [0.25, 0.3) is 5.91 Å². The number of carbonyl (C=O) groups excluding carboxylic acids is 2. The Morgan fingerprint density at radius 1 is 1.11 bits per heavy atom. The molecule has 3 aromatic carbocycles. The maximum atomic E-state index is 14.2. The molecule has 0 bridgehead atoms. The van der Waals surface area contributed by atoms with Crippen LogP contribution in [0.3, 0.4) is 0 Å². The van der Waals surface area contributed by atoms with E-state index in [-0.39, 0.29) is 25.2 Å². The van der Waals surface area contributed by atoms with Gasteiger partial charge in [-0.15, -0.1) is 0 Å². The molecule has 3 aliphatic rings. The highest BCUT2D eigenvalue weighted by atomic mass is 16.7. The van der Waals surface area contributed by atoms with Crippen molar-refractivity contribution >= 4 is 23.5 Å². The lowest BCUT2D eigenvalue weighted by Crippen LogP contribution is -2.45. The number of benzene rings is 3. The minimum absolute atomic E-state index is 0.0252. The highest BCUT2D eigenvalue weighted by Crippen LogP contribution is 2.47. The molecule has 2 amide bonds. The zero-order valence-corrected chi connectivity index (χ0v) is 26.9. The number of carboxylic acid groups (broad SMARTS) is 1. The molecule has 0 aliphatic carbocycles. The van der Waals surface area contributed by atoms with Crippen LogP contribution in [0.4, 0.5) is 5.69 Å². The van der Waals surface area contributed by atoms with Gasteiger partial charge in [-0.05, 0) is 59.9 Å². The first-order chi connectivity index (χ1) is 22.8. The Hall–Kier alpha value is -4.61. The van der Waals surface area contributed by atoms with Gasteiger partial charge in [0.1, 0.15) is 0 Å². The van der Waals surface area contributed by atoms with Gasteiger partial charge in [0, 0.05) is 55.9 Å². The third kappa shape index (κ3) is 6.50. The molecule has 3 N–H and O–H groups in total. The lowest BCUT2D eigenvalue weighted by molar-refractivity contribution is -0.143. The Morgan fingerprint density at radius 3 is 2.68 bits per heavy atom. The molecule has 6 rings (SSSR count). The molecule has 248 valence electrons. The Kier molecular flexibility index (Phi) is 9.65. The average molecular weight is 643 g/mol. The fourth-order valence-corrected chi connectivity index (χ4v) is 7.16. The third-order valence-corrected chi connectivity index (χ3v) is 9.57. The number of hydrogen-bond acceptors (Lipinski definition) is 8. The molecule has 0 aromatic heterocycles. The van der Waals surface area contributed by atoms with Crippen LogP contribution >= 0.6 is 0 Å². The number of carboxylic acids is 1. The van der Waals surface area contributed by atoms with Crippen LogP contribution in [0.2, 0.25) is 0 Å². The van der Waals surface area contributed by atoms with Gasteiger partial charge in [-0.1, -0.05) is 43.7 Å².